The van der Waals surface area contributed by atoms with E-state index < -0.39 is 0 Å². The van der Waals surface area contributed by atoms with Crippen LogP contribution in [0.3, 0.4) is 0 Å². The number of carbonyl (C=O) groups excluding carboxylic acids is 1. The molecule has 1 aromatic rings. The van der Waals surface area contributed by atoms with E-state index in [1.807, 2.05) is 30.0 Å². The van der Waals surface area contributed by atoms with Gasteiger partial charge in [0.05, 0.1) is 11.1 Å². The van der Waals surface area contributed by atoms with Crippen molar-refractivity contribution in [1.82, 2.24) is 4.90 Å². The van der Waals surface area contributed by atoms with Gasteiger partial charge < -0.3 is 0 Å². The van der Waals surface area contributed by atoms with Gasteiger partial charge in [-0.3, -0.25) is 9.69 Å². The molecule has 0 spiro atoms. The van der Waals surface area contributed by atoms with Gasteiger partial charge in [0.2, 0.25) is 5.91 Å². The molecule has 3 nitrogen and oxygen atoms in total. The zero-order chi connectivity index (χ0) is 19.5. The molecule has 4 saturated carbocycles. The van der Waals surface area contributed by atoms with Crippen LogP contribution in [-0.2, 0) is 4.79 Å². The Bertz CT molecular complexity index is 841. The summed E-state index contributed by atoms with van der Waals surface area (Å²) in [6.45, 7) is 2.75. The summed E-state index contributed by atoms with van der Waals surface area (Å²) in [6, 6.07) is 5.85. The first kappa shape index (κ1) is 19.3. The van der Waals surface area contributed by atoms with Gasteiger partial charge in [-0.2, -0.15) is 0 Å². The molecule has 1 saturated heterocycles. The zero-order valence-electron chi connectivity index (χ0n) is 16.2. The van der Waals surface area contributed by atoms with E-state index in [4.69, 9.17) is 28.2 Å². The van der Waals surface area contributed by atoms with Gasteiger partial charge in [-0.1, -0.05) is 29.4 Å². The van der Waals surface area contributed by atoms with Crippen LogP contribution in [0, 0.1) is 24.2 Å². The number of alkyl halides is 1. The molecule has 2 unspecified atom stereocenters. The number of benzene rings is 1. The van der Waals surface area contributed by atoms with E-state index >= 15 is 0 Å². The summed E-state index contributed by atoms with van der Waals surface area (Å²) in [6.07, 6.45) is 7.34. The monoisotopic (exact) mass is 436 g/mol. The Morgan fingerprint density at radius 3 is 2.68 bits per heavy atom. The molecule has 1 heterocycles. The third-order valence-corrected chi connectivity index (χ3v) is 8.97. The fourth-order valence-corrected chi connectivity index (χ4v) is 8.11. The number of rotatable bonds is 2. The summed E-state index contributed by atoms with van der Waals surface area (Å²) in [5.74, 6) is 2.52. The van der Waals surface area contributed by atoms with Gasteiger partial charge in [0, 0.05) is 22.2 Å². The second kappa shape index (κ2) is 6.92. The highest BCUT2D eigenvalue weighted by molar-refractivity contribution is 8.13. The van der Waals surface area contributed by atoms with Gasteiger partial charge in [0.1, 0.15) is 0 Å². The lowest BCUT2D eigenvalue weighted by molar-refractivity contribution is -0.151. The summed E-state index contributed by atoms with van der Waals surface area (Å²) in [5, 5.41) is 1.54. The van der Waals surface area contributed by atoms with Crippen molar-refractivity contribution in [2.45, 2.75) is 56.7 Å². The molecule has 6 heteroatoms. The molecule has 28 heavy (non-hydrogen) atoms. The number of amides is 1. The number of halogens is 2. The fourth-order valence-electron chi connectivity index (χ4n) is 6.29. The second-order valence-electron chi connectivity index (χ2n) is 9.38. The third kappa shape index (κ3) is 3.30. The van der Waals surface area contributed by atoms with Crippen molar-refractivity contribution in [3.05, 3.63) is 28.8 Å². The molecule has 5 aliphatic rings. The molecular formula is C22H26Cl2N2OS. The van der Waals surface area contributed by atoms with E-state index in [-0.39, 0.29) is 16.2 Å². The predicted octanol–water partition coefficient (Wildman–Crippen LogP) is 6.18. The lowest BCUT2D eigenvalue weighted by Crippen LogP contribution is -2.60. The van der Waals surface area contributed by atoms with Crippen LogP contribution in [0.2, 0.25) is 5.02 Å². The van der Waals surface area contributed by atoms with Gasteiger partial charge in [-0.25, -0.2) is 4.99 Å². The Labute approximate surface area is 181 Å². The van der Waals surface area contributed by atoms with Gasteiger partial charge in [0.25, 0.3) is 0 Å². The number of nitrogens with zero attached hydrogens (tertiary/aromatic N) is 2. The van der Waals surface area contributed by atoms with Crippen molar-refractivity contribution in [3.63, 3.8) is 0 Å². The minimum atomic E-state index is -0.268. The van der Waals surface area contributed by atoms with Crippen molar-refractivity contribution in [3.8, 4) is 0 Å². The molecule has 5 fully saturated rings. The van der Waals surface area contributed by atoms with Crippen LogP contribution in [-0.4, -0.2) is 33.1 Å². The van der Waals surface area contributed by atoms with E-state index in [1.165, 1.54) is 6.42 Å². The molecule has 4 atom stereocenters. The number of carbonyl (C=O) groups is 1. The lowest BCUT2D eigenvalue weighted by Gasteiger charge is -2.59. The molecule has 0 radical (unpaired) electrons. The molecule has 1 aliphatic heterocycles. The maximum atomic E-state index is 13.9. The van der Waals surface area contributed by atoms with Gasteiger partial charge >= 0.3 is 0 Å². The van der Waals surface area contributed by atoms with Crippen LogP contribution in [0.1, 0.15) is 50.5 Å². The van der Waals surface area contributed by atoms with Crippen LogP contribution in [0.5, 0.6) is 0 Å². The number of hydrogen-bond donors (Lipinski definition) is 0. The first-order chi connectivity index (χ1) is 13.4. The SMILES string of the molecule is Cc1ccc(N=C2SCCCN2C(=O)C23C[C@@H]4C[C@@H](CC(Cl)(C4)C2)C3)cc1Cl. The highest BCUT2D eigenvalue weighted by Crippen LogP contribution is 2.64. The lowest BCUT2D eigenvalue weighted by atomic mass is 9.49. The molecule has 150 valence electrons. The smallest absolute Gasteiger partial charge is 0.234 e. The standard InChI is InChI=1S/C22H26Cl2N2OS/c1-14-3-4-17(8-18(14)23)25-20-26(5-2-6-28-20)19(27)21-9-15-7-16(10-21)12-22(24,11-15)13-21/h3-4,8,15-16H,2,5-7,9-13H2,1H3/t15-,16+,21?,22?. The van der Waals surface area contributed by atoms with Crippen molar-refractivity contribution < 1.29 is 4.79 Å². The fraction of sp³-hybridized carbons (Fsp3) is 0.636. The quantitative estimate of drug-likeness (QED) is 0.518. The molecule has 0 N–H and O–H groups in total. The molecule has 6 rings (SSSR count). The number of hydrogen-bond acceptors (Lipinski definition) is 3. The maximum absolute atomic E-state index is 13.9. The Balaban J connectivity index is 1.46. The number of amidine groups is 1. The topological polar surface area (TPSA) is 32.7 Å². The van der Waals surface area contributed by atoms with Gasteiger partial charge in [-0.05, 0) is 81.4 Å². The number of thioether (sulfide) groups is 1. The van der Waals surface area contributed by atoms with Crippen molar-refractivity contribution >= 4 is 51.7 Å². The molecule has 1 amide bonds. The first-order valence-electron chi connectivity index (χ1n) is 10.3. The average Bonchev–Trinajstić information content (AvgIpc) is 2.63. The molecular weight excluding hydrogens is 411 g/mol. The van der Waals surface area contributed by atoms with Crippen LogP contribution >= 0.6 is 35.0 Å². The van der Waals surface area contributed by atoms with E-state index in [2.05, 4.69) is 0 Å². The molecule has 1 aromatic carbocycles. The summed E-state index contributed by atoms with van der Waals surface area (Å²) in [4.78, 5) is 20.5. The van der Waals surface area contributed by atoms with Crippen molar-refractivity contribution in [2.75, 3.05) is 12.3 Å². The summed E-state index contributed by atoms with van der Waals surface area (Å²) < 4.78 is 0. The maximum Gasteiger partial charge on any atom is 0.234 e. The van der Waals surface area contributed by atoms with E-state index in [0.717, 1.165) is 67.2 Å². The zero-order valence-corrected chi connectivity index (χ0v) is 18.5. The van der Waals surface area contributed by atoms with Crippen molar-refractivity contribution in [1.29, 1.82) is 0 Å². The third-order valence-electron chi connectivity index (χ3n) is 7.06. The van der Waals surface area contributed by atoms with E-state index in [0.29, 0.717) is 16.9 Å². The Hall–Kier alpha value is -0.710. The summed E-state index contributed by atoms with van der Waals surface area (Å²) in [5.41, 5.74) is 1.59. The molecule has 4 bridgehead atoms. The summed E-state index contributed by atoms with van der Waals surface area (Å²) >= 11 is 15.0. The Kier molecular flexibility index (Phi) is 4.76. The predicted molar refractivity (Wildman–Crippen MR) is 118 cm³/mol. The minimum absolute atomic E-state index is 0.148. The van der Waals surface area contributed by atoms with Gasteiger partial charge in [-0.15, -0.1) is 11.6 Å². The molecule has 0 aromatic heterocycles. The van der Waals surface area contributed by atoms with E-state index in [9.17, 15) is 4.79 Å². The normalized spacial score (nSPS) is 38.2. The minimum Gasteiger partial charge on any atom is -0.291 e. The van der Waals surface area contributed by atoms with Crippen LogP contribution in [0.4, 0.5) is 5.69 Å². The summed E-state index contributed by atoms with van der Waals surface area (Å²) in [7, 11) is 0. The van der Waals surface area contributed by atoms with Crippen molar-refractivity contribution in [2.24, 2.45) is 22.2 Å². The van der Waals surface area contributed by atoms with Crippen LogP contribution < -0.4 is 0 Å². The van der Waals surface area contributed by atoms with E-state index in [1.54, 1.807) is 11.8 Å². The Morgan fingerprint density at radius 2 is 2.00 bits per heavy atom. The molecule has 4 aliphatic carbocycles. The largest absolute Gasteiger partial charge is 0.291 e. The number of aryl methyl sites for hydroxylation is 1. The van der Waals surface area contributed by atoms with Gasteiger partial charge in [0.15, 0.2) is 5.17 Å². The van der Waals surface area contributed by atoms with Crippen LogP contribution in [0.15, 0.2) is 23.2 Å². The second-order valence-corrected chi connectivity index (χ2v) is 11.6. The Morgan fingerprint density at radius 1 is 1.25 bits per heavy atom. The highest BCUT2D eigenvalue weighted by atomic mass is 35.5. The first-order valence-corrected chi connectivity index (χ1v) is 12.1. The average molecular weight is 437 g/mol. The number of aliphatic imine (C=N–C) groups is 1. The van der Waals surface area contributed by atoms with Crippen LogP contribution in [0.25, 0.3) is 0 Å². The highest BCUT2D eigenvalue weighted by Gasteiger charge is 2.61.